The molecule has 5 unspecified atom stereocenters. The first-order chi connectivity index (χ1) is 39.0. The van der Waals surface area contributed by atoms with Gasteiger partial charge in [0.25, 0.3) is 0 Å². The zero-order chi connectivity index (χ0) is 50.9. The number of aromatic nitrogens is 1. The average molecular weight is 1010 g/mol. The lowest BCUT2D eigenvalue weighted by atomic mass is 9.38. The lowest BCUT2D eigenvalue weighted by molar-refractivity contribution is -0.175. The van der Waals surface area contributed by atoms with Crippen molar-refractivity contribution < 1.29 is 0 Å². The van der Waals surface area contributed by atoms with Crippen LogP contribution in [0.4, 0.5) is 17.1 Å². The number of benzene rings is 9. The molecule has 9 aromatic carbocycles. The molecule has 0 radical (unpaired) electrons. The molecule has 11 aliphatic rings. The minimum atomic E-state index is 0.00240. The van der Waals surface area contributed by atoms with Crippen LogP contribution >= 0.6 is 0 Å². The number of anilines is 3. The Labute approximate surface area is 463 Å². The van der Waals surface area contributed by atoms with Crippen molar-refractivity contribution in [2.75, 3.05) is 4.90 Å². The fourth-order valence-electron chi connectivity index (χ4n) is 22.5. The van der Waals surface area contributed by atoms with E-state index in [1.54, 1.807) is 11.1 Å². The van der Waals surface area contributed by atoms with E-state index in [-0.39, 0.29) is 18.2 Å². The van der Waals surface area contributed by atoms with E-state index < -0.39 is 0 Å². The van der Waals surface area contributed by atoms with E-state index >= 15 is 0 Å². The first-order valence-corrected chi connectivity index (χ1v) is 30.6. The summed E-state index contributed by atoms with van der Waals surface area (Å²) in [5.74, 6) is 5.96. The molecule has 4 bridgehead atoms. The van der Waals surface area contributed by atoms with Crippen molar-refractivity contribution in [1.82, 2.24) is 4.48 Å². The molecule has 0 amide bonds. The van der Waals surface area contributed by atoms with Crippen LogP contribution in [0.5, 0.6) is 0 Å². The first-order valence-electron chi connectivity index (χ1n) is 30.6. The van der Waals surface area contributed by atoms with E-state index in [9.17, 15) is 0 Å². The van der Waals surface area contributed by atoms with Gasteiger partial charge in [-0.05, 0) is 278 Å². The summed E-state index contributed by atoms with van der Waals surface area (Å²) in [7, 11) is 0. The Morgan fingerprint density at radius 2 is 1.01 bits per heavy atom. The summed E-state index contributed by atoms with van der Waals surface area (Å²) in [6.07, 6.45) is 15.4. The molecule has 10 aromatic rings. The molecule has 0 N–H and O–H groups in total. The van der Waals surface area contributed by atoms with Crippen LogP contribution in [0.15, 0.2) is 194 Å². The van der Waals surface area contributed by atoms with E-state index in [0.717, 1.165) is 41.9 Å². The summed E-state index contributed by atoms with van der Waals surface area (Å²) >= 11 is 0. The van der Waals surface area contributed by atoms with Gasteiger partial charge < -0.3 is 9.38 Å². The van der Waals surface area contributed by atoms with Crippen molar-refractivity contribution in [1.29, 1.82) is 0 Å². The van der Waals surface area contributed by atoms with Crippen LogP contribution in [-0.2, 0) is 17.3 Å². The maximum Gasteiger partial charge on any atom is 0.329 e. The number of rotatable bonds is 7. The Balaban J connectivity index is 0.883. The van der Waals surface area contributed by atoms with Gasteiger partial charge in [0, 0.05) is 50.3 Å². The van der Waals surface area contributed by atoms with Crippen molar-refractivity contribution >= 4 is 56.6 Å². The minimum Gasteiger partial charge on any atom is -0.375 e. The fourth-order valence-corrected chi connectivity index (χ4v) is 22.5. The Bertz CT molecular complexity index is 4310. The molecular formula is C76H61BN2. The zero-order valence-corrected chi connectivity index (χ0v) is 44.8. The zero-order valence-electron chi connectivity index (χ0n) is 44.8. The van der Waals surface area contributed by atoms with E-state index in [0.29, 0.717) is 16.2 Å². The molecule has 378 valence electrons. The number of hydrogen-bond acceptors (Lipinski definition) is 1. The van der Waals surface area contributed by atoms with Crippen molar-refractivity contribution in [3.05, 3.63) is 222 Å². The Morgan fingerprint density at radius 3 is 1.63 bits per heavy atom. The highest BCUT2D eigenvalue weighted by atomic mass is 15.1. The summed E-state index contributed by atoms with van der Waals surface area (Å²) in [5, 5.41) is 3.04. The van der Waals surface area contributed by atoms with Crippen LogP contribution < -0.4 is 15.8 Å². The van der Waals surface area contributed by atoms with Crippen LogP contribution in [0, 0.1) is 46.3 Å². The van der Waals surface area contributed by atoms with Gasteiger partial charge in [-0.2, -0.15) is 0 Å². The molecule has 1 aromatic heterocycles. The molecule has 2 nitrogen and oxygen atoms in total. The summed E-state index contributed by atoms with van der Waals surface area (Å²) in [6.45, 7) is 0.00240. The number of hydrogen-bond donors (Lipinski definition) is 0. The molecule has 8 fully saturated rings. The maximum atomic E-state index is 2.94. The average Bonchev–Trinajstić information content (AvgIpc) is 2.20. The summed E-state index contributed by atoms with van der Waals surface area (Å²) in [4.78, 5) is 2.56. The van der Waals surface area contributed by atoms with Gasteiger partial charge in [-0.1, -0.05) is 121 Å². The Kier molecular flexibility index (Phi) is 7.62. The largest absolute Gasteiger partial charge is 0.375 e. The standard InChI is InChI=1S/C76H61BN2/c1-5-13-44(14-6-1)46-21-22-47-26-63-64-36-59(78(57-17-9-3-10-18-57)58-19-11-4-12-20-58)37-65-67-35-50(74-40-55-31-52-32-56(41-74)76(52,55)43-74)34-66-61-33-49(73-38-53-29-51-30-54(39-73)75(51,53)42-73)23-24-69(61)79(72(66)67)77(71(64)65)68-28-48(45-15-7-2-8-16-45)27-62(70(63)68)60(47)25-46/h1-25,27-28,33-37,51-56,63H,26,29-32,38-43H2. The van der Waals surface area contributed by atoms with Crippen molar-refractivity contribution in [3.8, 4) is 44.5 Å². The third kappa shape index (κ3) is 4.98. The smallest absolute Gasteiger partial charge is 0.329 e. The van der Waals surface area contributed by atoms with Gasteiger partial charge in [-0.25, -0.2) is 0 Å². The van der Waals surface area contributed by atoms with Gasteiger partial charge in [0.1, 0.15) is 0 Å². The number of para-hydroxylation sites is 2. The fraction of sp³-hybridized carbons (Fsp3) is 0.289. The highest BCUT2D eigenvalue weighted by molar-refractivity contribution is 6.88. The van der Waals surface area contributed by atoms with Crippen LogP contribution in [0.1, 0.15) is 97.9 Å². The SMILES string of the molecule is c1ccc(-c2ccc3c(c2)-c2cc(-c4ccccc4)cc4c2C(C3)c2cc(N(c3ccccc3)c3ccccc3)cc3c2B4n2c4ccc(C56CC7CC8CC(C5)C87C6)cc4c4cc(C56CC7CC8CC(C5)C87C6)cc-3c42)cc1. The minimum absolute atomic E-state index is 0.00240. The molecule has 8 saturated carbocycles. The first kappa shape index (κ1) is 42.6. The third-order valence-corrected chi connectivity index (χ3v) is 25.4. The molecule has 2 aliphatic heterocycles. The molecule has 5 atom stereocenters. The van der Waals surface area contributed by atoms with Crippen LogP contribution in [0.25, 0.3) is 66.3 Å². The van der Waals surface area contributed by atoms with Crippen molar-refractivity contribution in [3.63, 3.8) is 0 Å². The quantitative estimate of drug-likeness (QED) is 0.144. The van der Waals surface area contributed by atoms with Crippen molar-refractivity contribution in [2.24, 2.45) is 46.3 Å². The number of nitrogens with zero attached hydrogens (tertiary/aromatic N) is 2. The topological polar surface area (TPSA) is 8.17 Å². The molecular weight excluding hydrogens is 952 g/mol. The summed E-state index contributed by atoms with van der Waals surface area (Å²) < 4.78 is 2.94. The summed E-state index contributed by atoms with van der Waals surface area (Å²) in [5.41, 5.74) is 30.2. The molecule has 9 aliphatic carbocycles. The Morgan fingerprint density at radius 1 is 0.430 bits per heavy atom. The van der Waals surface area contributed by atoms with Crippen molar-refractivity contribution in [2.45, 2.75) is 87.4 Å². The molecule has 79 heavy (non-hydrogen) atoms. The predicted molar refractivity (Wildman–Crippen MR) is 324 cm³/mol. The van der Waals surface area contributed by atoms with Crippen LogP contribution in [-0.4, -0.2) is 11.3 Å². The lowest BCUT2D eigenvalue weighted by Gasteiger charge is -2.66. The van der Waals surface area contributed by atoms with Gasteiger partial charge >= 0.3 is 6.85 Å². The second-order valence-corrected chi connectivity index (χ2v) is 27.9. The van der Waals surface area contributed by atoms with Gasteiger partial charge in [-0.3, -0.25) is 0 Å². The second kappa shape index (κ2) is 14.1. The van der Waals surface area contributed by atoms with Gasteiger partial charge in [0.15, 0.2) is 0 Å². The molecule has 21 rings (SSSR count). The van der Waals surface area contributed by atoms with Gasteiger partial charge in [0.2, 0.25) is 0 Å². The maximum absolute atomic E-state index is 2.94. The predicted octanol–water partition coefficient (Wildman–Crippen LogP) is 17.1. The summed E-state index contributed by atoms with van der Waals surface area (Å²) in [6, 6.07) is 76.7. The van der Waals surface area contributed by atoms with E-state index in [2.05, 4.69) is 204 Å². The van der Waals surface area contributed by atoms with E-state index in [4.69, 9.17) is 0 Å². The van der Waals surface area contributed by atoms with Gasteiger partial charge in [0.05, 0.1) is 0 Å². The van der Waals surface area contributed by atoms with Gasteiger partial charge in [-0.15, -0.1) is 0 Å². The normalized spacial score (nSPS) is 31.8. The second-order valence-electron chi connectivity index (χ2n) is 27.9. The molecule has 3 heterocycles. The van der Waals surface area contributed by atoms with E-state index in [1.165, 1.54) is 175 Å². The van der Waals surface area contributed by atoms with Crippen LogP contribution in [0.3, 0.4) is 0 Å². The highest BCUT2D eigenvalue weighted by Crippen LogP contribution is 2.86. The highest BCUT2D eigenvalue weighted by Gasteiger charge is 2.78. The molecule has 3 heteroatoms. The lowest BCUT2D eigenvalue weighted by Crippen LogP contribution is -2.59. The molecule has 0 saturated heterocycles. The van der Waals surface area contributed by atoms with Crippen LogP contribution in [0.2, 0.25) is 0 Å². The number of fused-ring (bicyclic) bond motifs is 11. The Hall–Kier alpha value is -7.36. The monoisotopic (exact) mass is 1010 g/mol. The third-order valence-electron chi connectivity index (χ3n) is 25.4. The van der Waals surface area contributed by atoms with E-state index in [1.807, 2.05) is 0 Å². The molecule has 2 spiro atoms.